The normalized spacial score (nSPS) is 29.8. The number of aliphatic hydroxyl groups excluding tert-OH is 4. The van der Waals surface area contributed by atoms with E-state index in [0.717, 1.165) is 19.4 Å². The summed E-state index contributed by atoms with van der Waals surface area (Å²) in [5, 5.41) is 47.7. The number of aliphatic hydroxyl groups is 4. The average Bonchev–Trinajstić information content (AvgIpc) is 3.79. The fraction of sp³-hybridized carbons (Fsp3) is 0.690. The minimum Gasteiger partial charge on any atom is -0.394 e. The van der Waals surface area contributed by atoms with Crippen LogP contribution in [0.15, 0.2) is 9.59 Å². The second kappa shape index (κ2) is 17.9. The molecule has 56 heavy (non-hydrogen) atoms. The number of amidine groups is 1. The Kier molecular flexibility index (Phi) is 14.1. The lowest BCUT2D eigenvalue weighted by Gasteiger charge is -2.36. The van der Waals surface area contributed by atoms with Crippen LogP contribution in [-0.2, 0) is 25.6 Å². The molecule has 0 bridgehead atoms. The molecule has 1 aromatic heterocycles. The molecule has 8 atom stereocenters. The van der Waals surface area contributed by atoms with Crippen molar-refractivity contribution in [3.8, 4) is 0 Å². The first-order valence-corrected chi connectivity index (χ1v) is 17.0. The number of amides is 6. The van der Waals surface area contributed by atoms with Crippen LogP contribution < -0.4 is 21.9 Å². The van der Waals surface area contributed by atoms with Gasteiger partial charge in [-0.1, -0.05) is 11.6 Å². The predicted octanol–water partition coefficient (Wildman–Crippen LogP) is -1.34. The Morgan fingerprint density at radius 1 is 0.768 bits per heavy atom. The topological polar surface area (TPSA) is 291 Å². The van der Waals surface area contributed by atoms with Crippen molar-refractivity contribution in [3.05, 3.63) is 31.6 Å². The number of aromatic nitrogens is 2. The number of hydrogen-bond donors (Lipinski definition) is 9. The number of H-pyrrole nitrogens is 2. The molecule has 9 N–H and O–H groups in total. The van der Waals surface area contributed by atoms with Gasteiger partial charge in [-0.05, 0) is 6.42 Å². The van der Waals surface area contributed by atoms with Gasteiger partial charge < -0.3 is 39.8 Å². The number of nitrogens with zero attached hydrogens (tertiary/aromatic N) is 3. The van der Waals surface area contributed by atoms with E-state index in [9.17, 15) is 65.3 Å². The Bertz CT molecular complexity index is 1690. The summed E-state index contributed by atoms with van der Waals surface area (Å²) >= 11 is 5.78. The van der Waals surface area contributed by atoms with Crippen molar-refractivity contribution in [1.29, 1.82) is 5.41 Å². The van der Waals surface area contributed by atoms with Crippen LogP contribution >= 0.6 is 11.6 Å². The number of likely N-dealkylation sites (tertiary alicyclic amines) is 1. The number of urea groups is 2. The second-order valence-corrected chi connectivity index (χ2v) is 13.4. The van der Waals surface area contributed by atoms with Crippen molar-refractivity contribution in [3.63, 3.8) is 0 Å². The maximum absolute atomic E-state index is 12.7. The number of rotatable bonds is 6. The summed E-state index contributed by atoms with van der Waals surface area (Å²) in [5.74, 6) is -6.98. The molecule has 8 unspecified atom stereocenters. The van der Waals surface area contributed by atoms with Crippen molar-refractivity contribution in [2.24, 2.45) is 11.8 Å². The number of alkyl halides is 6. The van der Waals surface area contributed by atoms with E-state index in [2.05, 4.69) is 4.98 Å². The summed E-state index contributed by atoms with van der Waals surface area (Å²) in [6.07, 6.45) is -14.5. The molecule has 0 saturated carbocycles. The number of carbonyl (C=O) groups is 4. The number of aromatic amines is 2. The maximum Gasteiger partial charge on any atom is 0.402 e. The Labute approximate surface area is 315 Å². The molecule has 314 valence electrons. The zero-order valence-electron chi connectivity index (χ0n) is 28.7. The third kappa shape index (κ3) is 10.5. The summed E-state index contributed by atoms with van der Waals surface area (Å²) in [5.41, 5.74) is -0.802. The van der Waals surface area contributed by atoms with E-state index >= 15 is 0 Å². The molecule has 0 aromatic carbocycles. The van der Waals surface area contributed by atoms with E-state index < -0.39 is 122 Å². The number of ether oxygens (including phenoxy) is 2. The smallest absolute Gasteiger partial charge is 0.394 e. The lowest BCUT2D eigenvalue weighted by atomic mass is 10.1. The molecular formula is C29H37ClF6N8O12. The Hall–Kier alpha value is -4.34. The fourth-order valence-corrected chi connectivity index (χ4v) is 6.28. The highest BCUT2D eigenvalue weighted by atomic mass is 35.5. The molecule has 27 heteroatoms. The molecular weight excluding hydrogens is 802 g/mol. The van der Waals surface area contributed by atoms with Gasteiger partial charge >= 0.3 is 30.1 Å². The quantitative estimate of drug-likeness (QED) is 0.150. The van der Waals surface area contributed by atoms with Gasteiger partial charge in [-0.15, -0.1) is 0 Å². The molecule has 5 fully saturated rings. The molecule has 5 aliphatic rings. The highest BCUT2D eigenvalue weighted by Crippen LogP contribution is 2.34. The van der Waals surface area contributed by atoms with E-state index in [1.807, 2.05) is 4.98 Å². The standard InChI is InChI=1S/2C10H13F3N2O5.C9H11ClN4O2/c2*11-10(12,13)4-2-15(9(19)14-8(4)18)7-1-5(17)6(3-16)20-7;10-7-5(12-9(16)13-8(7)15)4-14-3-1-2-6(14)11/h2*4-7,16-17H,1-3H2,(H,14,18,19);11H,1-4H2,(H2,12,13,15,16). The molecule has 6 amide bonds. The first kappa shape index (κ1) is 44.4. The summed E-state index contributed by atoms with van der Waals surface area (Å²) in [6.45, 7) is -1.72. The van der Waals surface area contributed by atoms with Gasteiger partial charge in [0.15, 0.2) is 11.8 Å². The lowest BCUT2D eigenvalue weighted by Crippen LogP contribution is -2.60. The number of carbonyl (C=O) groups excluding carboxylic acids is 4. The molecule has 6 rings (SSSR count). The van der Waals surface area contributed by atoms with Crippen molar-refractivity contribution < 1.29 is 75.4 Å². The molecule has 5 saturated heterocycles. The van der Waals surface area contributed by atoms with Gasteiger partial charge in [0.1, 0.15) is 29.7 Å². The molecule has 20 nitrogen and oxygen atoms in total. The van der Waals surface area contributed by atoms with Gasteiger partial charge in [-0.25, -0.2) is 14.4 Å². The van der Waals surface area contributed by atoms with Crippen LogP contribution in [0.4, 0.5) is 35.9 Å². The Balaban J connectivity index is 0.000000188. The number of imide groups is 2. The molecule has 0 spiro atoms. The van der Waals surface area contributed by atoms with E-state index in [1.54, 1.807) is 15.5 Å². The van der Waals surface area contributed by atoms with Crippen molar-refractivity contribution in [2.75, 3.05) is 32.8 Å². The Morgan fingerprint density at radius 2 is 1.21 bits per heavy atom. The van der Waals surface area contributed by atoms with Crippen LogP contribution in [-0.4, -0.2) is 157 Å². The van der Waals surface area contributed by atoms with Crippen molar-refractivity contribution >= 4 is 41.3 Å². The van der Waals surface area contributed by atoms with Crippen molar-refractivity contribution in [1.82, 2.24) is 35.3 Å². The summed E-state index contributed by atoms with van der Waals surface area (Å²) in [7, 11) is 0. The SMILES string of the molecule is N=C1CCCN1Cc1[nH]c(=O)[nH]c(=O)c1Cl.O=C1NC(=O)N(C2CC(O)C(CO)O2)CC1C(F)(F)F.O=C1NC(=O)N(C2CC(O)C(CO)O2)CC1C(F)(F)F. The van der Waals surface area contributed by atoms with Crippen LogP contribution in [0.1, 0.15) is 31.4 Å². The van der Waals surface area contributed by atoms with Gasteiger partial charge in [0, 0.05) is 38.9 Å². The lowest BCUT2D eigenvalue weighted by molar-refractivity contribution is -0.193. The third-order valence-electron chi connectivity index (χ3n) is 9.16. The fourth-order valence-electron chi connectivity index (χ4n) is 6.12. The largest absolute Gasteiger partial charge is 0.402 e. The van der Waals surface area contributed by atoms with Crippen LogP contribution in [0.2, 0.25) is 5.02 Å². The van der Waals surface area contributed by atoms with E-state index in [-0.39, 0.29) is 17.9 Å². The van der Waals surface area contributed by atoms with Gasteiger partial charge in [0.25, 0.3) is 5.56 Å². The van der Waals surface area contributed by atoms with Crippen LogP contribution in [0, 0.1) is 17.2 Å². The van der Waals surface area contributed by atoms with Gasteiger partial charge in [-0.2, -0.15) is 26.3 Å². The Morgan fingerprint density at radius 3 is 1.57 bits per heavy atom. The predicted molar refractivity (Wildman–Crippen MR) is 172 cm³/mol. The first-order chi connectivity index (χ1) is 26.0. The van der Waals surface area contributed by atoms with Gasteiger partial charge in [-0.3, -0.25) is 45.2 Å². The monoisotopic (exact) mass is 838 g/mol. The molecule has 5 aliphatic heterocycles. The number of hydrogen-bond acceptors (Lipinski definition) is 13. The summed E-state index contributed by atoms with van der Waals surface area (Å²) in [4.78, 5) is 75.6. The zero-order chi connectivity index (χ0) is 41.9. The van der Waals surface area contributed by atoms with E-state index in [4.69, 9.17) is 36.7 Å². The molecule has 1 aromatic rings. The van der Waals surface area contributed by atoms with Gasteiger partial charge in [0.05, 0.1) is 43.5 Å². The van der Waals surface area contributed by atoms with Crippen LogP contribution in [0.5, 0.6) is 0 Å². The minimum atomic E-state index is -4.78. The second-order valence-electron chi connectivity index (χ2n) is 13.0. The van der Waals surface area contributed by atoms with Gasteiger partial charge in [0.2, 0.25) is 11.8 Å². The molecule has 0 aliphatic carbocycles. The van der Waals surface area contributed by atoms with Crippen LogP contribution in [0.3, 0.4) is 0 Å². The third-order valence-corrected chi connectivity index (χ3v) is 9.56. The van der Waals surface area contributed by atoms with E-state index in [0.29, 0.717) is 27.9 Å². The van der Waals surface area contributed by atoms with Crippen molar-refractivity contribution in [2.45, 2.75) is 81.5 Å². The summed E-state index contributed by atoms with van der Waals surface area (Å²) in [6, 6.07) is -2.02. The molecule has 6 heterocycles. The average molecular weight is 839 g/mol. The van der Waals surface area contributed by atoms with Crippen LogP contribution in [0.25, 0.3) is 0 Å². The minimum absolute atomic E-state index is 0.0145. The number of nitrogens with one attached hydrogen (secondary N) is 5. The highest BCUT2D eigenvalue weighted by Gasteiger charge is 2.53. The zero-order valence-corrected chi connectivity index (χ0v) is 29.5. The maximum atomic E-state index is 12.7. The van der Waals surface area contributed by atoms with E-state index in [1.165, 1.54) is 0 Å². The summed E-state index contributed by atoms with van der Waals surface area (Å²) < 4.78 is 86.2. The number of halogens is 7. The first-order valence-electron chi connectivity index (χ1n) is 16.6. The molecule has 0 radical (unpaired) electrons. The highest BCUT2D eigenvalue weighted by molar-refractivity contribution is 6.31.